The lowest BCUT2D eigenvalue weighted by atomic mass is 10.2. The smallest absolute Gasteiger partial charge is 0.266 e. The third kappa shape index (κ3) is 4.26. The maximum absolute atomic E-state index is 12.4. The van der Waals surface area contributed by atoms with Gasteiger partial charge in [0.2, 0.25) is 0 Å². The summed E-state index contributed by atoms with van der Waals surface area (Å²) < 4.78 is 10.9. The number of amides is 1. The summed E-state index contributed by atoms with van der Waals surface area (Å²) in [6, 6.07) is 16.6. The minimum absolute atomic E-state index is 0.00198. The predicted octanol–water partition coefficient (Wildman–Crippen LogP) is 3.12. The molecule has 1 aliphatic rings. The van der Waals surface area contributed by atoms with Gasteiger partial charge in [0.25, 0.3) is 17.7 Å². The zero-order chi connectivity index (χ0) is 19.3. The van der Waals surface area contributed by atoms with Gasteiger partial charge in [0.15, 0.2) is 6.61 Å². The predicted molar refractivity (Wildman–Crippen MR) is 105 cm³/mol. The van der Waals surface area contributed by atoms with Crippen LogP contribution in [0.3, 0.4) is 0 Å². The van der Waals surface area contributed by atoms with E-state index in [1.807, 2.05) is 35.2 Å². The van der Waals surface area contributed by atoms with Crippen LogP contribution in [0.5, 0.6) is 5.75 Å². The maximum Gasteiger partial charge on any atom is 0.266 e. The number of nitrogens with zero attached hydrogens (tertiary/aromatic N) is 4. The Hall–Kier alpha value is -3.06. The molecule has 0 radical (unpaired) electrons. The Morgan fingerprint density at radius 1 is 1.04 bits per heavy atom. The average molecular weight is 399 g/mol. The summed E-state index contributed by atoms with van der Waals surface area (Å²) in [6.07, 6.45) is 0. The molecule has 1 aromatic heterocycles. The molecule has 0 unspecified atom stereocenters. The molecule has 2 heterocycles. The molecule has 1 amide bonds. The molecule has 2 aromatic carbocycles. The number of anilines is 1. The van der Waals surface area contributed by atoms with Gasteiger partial charge in [0.1, 0.15) is 5.75 Å². The summed E-state index contributed by atoms with van der Waals surface area (Å²) in [5.41, 5.74) is 0.884. The second-order valence-corrected chi connectivity index (χ2v) is 6.81. The highest BCUT2D eigenvalue weighted by molar-refractivity contribution is 6.30. The van der Waals surface area contributed by atoms with Gasteiger partial charge in [-0.05, 0) is 41.6 Å². The molecular formula is C20H19ClN4O3. The third-order valence-corrected chi connectivity index (χ3v) is 4.78. The molecule has 144 valence electrons. The highest BCUT2D eigenvalue weighted by Gasteiger charge is 2.24. The van der Waals surface area contributed by atoms with Crippen LogP contribution in [-0.2, 0) is 4.79 Å². The lowest BCUT2D eigenvalue weighted by Gasteiger charge is -2.33. The lowest BCUT2D eigenvalue weighted by molar-refractivity contribution is -0.133. The van der Waals surface area contributed by atoms with Crippen LogP contribution < -0.4 is 9.64 Å². The number of benzene rings is 2. The highest BCUT2D eigenvalue weighted by Crippen LogP contribution is 2.21. The minimum atomic E-state index is -0.0484. The third-order valence-electron chi connectivity index (χ3n) is 4.53. The van der Waals surface area contributed by atoms with Crippen LogP contribution in [0.4, 0.5) is 5.95 Å². The topological polar surface area (TPSA) is 71.7 Å². The van der Waals surface area contributed by atoms with Crippen LogP contribution in [0.2, 0.25) is 5.02 Å². The summed E-state index contributed by atoms with van der Waals surface area (Å²) in [7, 11) is 0. The van der Waals surface area contributed by atoms with E-state index in [1.165, 1.54) is 0 Å². The van der Waals surface area contributed by atoms with Crippen molar-refractivity contribution in [2.24, 2.45) is 0 Å². The largest absolute Gasteiger partial charge is 0.484 e. The van der Waals surface area contributed by atoms with E-state index in [0.717, 1.165) is 5.56 Å². The van der Waals surface area contributed by atoms with Gasteiger partial charge in [0, 0.05) is 36.8 Å². The van der Waals surface area contributed by atoms with Crippen LogP contribution in [0.15, 0.2) is 59.1 Å². The molecule has 1 fully saturated rings. The Labute approximate surface area is 167 Å². The van der Waals surface area contributed by atoms with E-state index < -0.39 is 0 Å². The minimum Gasteiger partial charge on any atom is -0.484 e. The van der Waals surface area contributed by atoms with E-state index in [4.69, 9.17) is 20.9 Å². The van der Waals surface area contributed by atoms with Crippen molar-refractivity contribution in [1.82, 2.24) is 15.0 Å². The van der Waals surface area contributed by atoms with Crippen LogP contribution >= 0.6 is 11.6 Å². The Morgan fingerprint density at radius 2 is 1.75 bits per heavy atom. The monoisotopic (exact) mass is 398 g/mol. The van der Waals surface area contributed by atoms with Gasteiger partial charge in [-0.15, -0.1) is 0 Å². The van der Waals surface area contributed by atoms with Crippen molar-refractivity contribution >= 4 is 23.5 Å². The summed E-state index contributed by atoms with van der Waals surface area (Å²) in [6.45, 7) is 2.44. The van der Waals surface area contributed by atoms with Crippen molar-refractivity contribution in [3.05, 3.63) is 59.6 Å². The molecular weight excluding hydrogens is 380 g/mol. The van der Waals surface area contributed by atoms with E-state index in [1.54, 1.807) is 29.2 Å². The van der Waals surface area contributed by atoms with Crippen LogP contribution in [0.1, 0.15) is 0 Å². The fourth-order valence-electron chi connectivity index (χ4n) is 2.97. The van der Waals surface area contributed by atoms with Crippen molar-refractivity contribution in [3.63, 3.8) is 0 Å². The summed E-state index contributed by atoms with van der Waals surface area (Å²) in [5, 5.41) is 4.70. The first-order valence-electron chi connectivity index (χ1n) is 8.99. The first kappa shape index (κ1) is 18.3. The second-order valence-electron chi connectivity index (χ2n) is 6.38. The molecule has 0 saturated carbocycles. The van der Waals surface area contributed by atoms with Crippen molar-refractivity contribution in [2.75, 3.05) is 37.7 Å². The van der Waals surface area contributed by atoms with Crippen molar-refractivity contribution in [3.8, 4) is 17.2 Å². The standard InChI is InChI=1S/C20H19ClN4O3/c21-16-6-8-17(9-7-16)27-14-18(26)24-10-12-25(13-11-24)20-22-19(28-23-20)15-4-2-1-3-5-15/h1-9H,10-14H2. The molecule has 28 heavy (non-hydrogen) atoms. The van der Waals surface area contributed by atoms with Gasteiger partial charge in [0.05, 0.1) is 0 Å². The molecule has 0 N–H and O–H groups in total. The van der Waals surface area contributed by atoms with Crippen molar-refractivity contribution in [2.45, 2.75) is 0 Å². The van der Waals surface area contributed by atoms with E-state index in [9.17, 15) is 4.79 Å². The van der Waals surface area contributed by atoms with Gasteiger partial charge in [-0.25, -0.2) is 0 Å². The molecule has 0 spiro atoms. The zero-order valence-corrected chi connectivity index (χ0v) is 15.9. The number of hydrogen-bond donors (Lipinski definition) is 0. The Kier molecular flexibility index (Phi) is 5.43. The molecule has 0 bridgehead atoms. The number of carbonyl (C=O) groups excluding carboxylic acids is 1. The first-order chi connectivity index (χ1) is 13.7. The summed E-state index contributed by atoms with van der Waals surface area (Å²) in [4.78, 5) is 20.6. The fourth-order valence-corrected chi connectivity index (χ4v) is 3.09. The van der Waals surface area contributed by atoms with Gasteiger partial charge in [-0.2, -0.15) is 4.98 Å². The fraction of sp³-hybridized carbons (Fsp3) is 0.250. The number of aromatic nitrogens is 2. The van der Waals surface area contributed by atoms with Crippen LogP contribution in [0.25, 0.3) is 11.5 Å². The van der Waals surface area contributed by atoms with E-state index >= 15 is 0 Å². The number of piperazine rings is 1. The van der Waals surface area contributed by atoms with Crippen molar-refractivity contribution in [1.29, 1.82) is 0 Å². The summed E-state index contributed by atoms with van der Waals surface area (Å²) in [5.74, 6) is 1.61. The van der Waals surface area contributed by atoms with Gasteiger partial charge in [-0.3, -0.25) is 4.79 Å². The SMILES string of the molecule is O=C(COc1ccc(Cl)cc1)N1CCN(c2noc(-c3ccccc3)n2)CC1. The van der Waals surface area contributed by atoms with E-state index in [-0.39, 0.29) is 12.5 Å². The molecule has 1 aliphatic heterocycles. The number of hydrogen-bond acceptors (Lipinski definition) is 6. The van der Waals surface area contributed by atoms with Gasteiger partial charge < -0.3 is 19.1 Å². The molecule has 0 aliphatic carbocycles. The van der Waals surface area contributed by atoms with Crippen molar-refractivity contribution < 1.29 is 14.1 Å². The normalized spacial score (nSPS) is 14.2. The zero-order valence-electron chi connectivity index (χ0n) is 15.1. The molecule has 4 rings (SSSR count). The van der Waals surface area contributed by atoms with Gasteiger partial charge >= 0.3 is 0 Å². The van der Waals surface area contributed by atoms with Gasteiger partial charge in [-0.1, -0.05) is 29.8 Å². The maximum atomic E-state index is 12.4. The Balaban J connectivity index is 1.29. The van der Waals surface area contributed by atoms with E-state index in [0.29, 0.717) is 48.8 Å². The molecule has 3 aromatic rings. The number of carbonyl (C=O) groups is 1. The first-order valence-corrected chi connectivity index (χ1v) is 9.37. The number of halogens is 1. The second kappa shape index (κ2) is 8.31. The summed E-state index contributed by atoms with van der Waals surface area (Å²) >= 11 is 5.84. The number of rotatable bonds is 5. The number of ether oxygens (including phenoxy) is 1. The molecule has 1 saturated heterocycles. The molecule has 0 atom stereocenters. The Morgan fingerprint density at radius 3 is 2.46 bits per heavy atom. The highest BCUT2D eigenvalue weighted by atomic mass is 35.5. The van der Waals surface area contributed by atoms with Crippen LogP contribution in [-0.4, -0.2) is 53.7 Å². The molecule has 7 nitrogen and oxygen atoms in total. The Bertz CT molecular complexity index is 922. The molecule has 8 heteroatoms. The van der Waals surface area contributed by atoms with E-state index in [2.05, 4.69) is 10.1 Å². The average Bonchev–Trinajstić information content (AvgIpc) is 3.24. The quantitative estimate of drug-likeness (QED) is 0.657. The van der Waals surface area contributed by atoms with Crippen LogP contribution in [0, 0.1) is 0 Å². The lowest BCUT2D eigenvalue weighted by Crippen LogP contribution is -2.50.